The highest BCUT2D eigenvalue weighted by molar-refractivity contribution is 7.16. The number of carbonyl (C=O) groups excluding carboxylic acids is 1. The number of benzene rings is 2. The van der Waals surface area contributed by atoms with Gasteiger partial charge in [0.2, 0.25) is 0 Å². The molecule has 122 valence electrons. The molecule has 0 unspecified atom stereocenters. The summed E-state index contributed by atoms with van der Waals surface area (Å²) >= 11 is 1.54. The number of furan rings is 1. The molecule has 4 nitrogen and oxygen atoms in total. The lowest BCUT2D eigenvalue weighted by Gasteiger charge is -2.13. The second-order valence-corrected chi connectivity index (χ2v) is 7.13. The van der Waals surface area contributed by atoms with Crippen molar-refractivity contribution in [3.63, 3.8) is 0 Å². The highest BCUT2D eigenvalue weighted by Crippen LogP contribution is 2.38. The number of rotatable bonds is 2. The number of aryl methyl sites for hydroxylation is 2. The van der Waals surface area contributed by atoms with Crippen LogP contribution in [0, 0.1) is 0 Å². The quantitative estimate of drug-likeness (QED) is 0.561. The molecular formula is C20H14N2O2S. The monoisotopic (exact) mass is 346 g/mol. The van der Waals surface area contributed by atoms with E-state index in [4.69, 9.17) is 4.42 Å². The van der Waals surface area contributed by atoms with Gasteiger partial charge in [0.25, 0.3) is 5.91 Å². The molecular weight excluding hydrogens is 332 g/mol. The van der Waals surface area contributed by atoms with Crippen LogP contribution in [-0.2, 0) is 12.8 Å². The van der Waals surface area contributed by atoms with Crippen molar-refractivity contribution in [2.45, 2.75) is 12.8 Å². The summed E-state index contributed by atoms with van der Waals surface area (Å²) in [6, 6.07) is 17.7. The van der Waals surface area contributed by atoms with Gasteiger partial charge in [0.1, 0.15) is 5.58 Å². The first-order valence-corrected chi connectivity index (χ1v) is 8.97. The number of para-hydroxylation sites is 1. The Bertz CT molecular complexity index is 1080. The van der Waals surface area contributed by atoms with E-state index in [9.17, 15) is 4.79 Å². The molecule has 0 fully saturated rings. The number of hydrogen-bond acceptors (Lipinski definition) is 4. The van der Waals surface area contributed by atoms with Crippen LogP contribution >= 0.6 is 11.3 Å². The third-order valence-corrected chi connectivity index (χ3v) is 5.49. The molecule has 0 aliphatic heterocycles. The normalized spacial score (nSPS) is 12.6. The Hall–Kier alpha value is -2.92. The molecule has 25 heavy (non-hydrogen) atoms. The van der Waals surface area contributed by atoms with Crippen LogP contribution in [0.15, 0.2) is 59.0 Å². The zero-order valence-corrected chi connectivity index (χ0v) is 14.1. The predicted octanol–water partition coefficient (Wildman–Crippen LogP) is 4.91. The largest absolute Gasteiger partial charge is 0.451 e. The Balaban J connectivity index is 1.46. The number of amides is 1. The second kappa shape index (κ2) is 5.57. The van der Waals surface area contributed by atoms with Gasteiger partial charge >= 0.3 is 0 Å². The Morgan fingerprint density at radius 3 is 2.84 bits per heavy atom. The standard InChI is InChI=1S/C20H14N2O2S/c23-19(16-11-13-6-2-4-8-15(13)24-16)22-20-21-18-14-7-3-1-5-12(14)9-10-17(18)25-20/h1-8,11H,9-10H2,(H,21,22,23). The number of nitrogens with zero attached hydrogens (tertiary/aromatic N) is 1. The first kappa shape index (κ1) is 14.4. The summed E-state index contributed by atoms with van der Waals surface area (Å²) in [6.45, 7) is 0. The first-order chi connectivity index (χ1) is 12.3. The molecule has 1 aliphatic carbocycles. The number of thiazole rings is 1. The third-order valence-electron chi connectivity index (χ3n) is 4.46. The molecule has 2 heterocycles. The lowest BCUT2D eigenvalue weighted by molar-refractivity contribution is 0.0998. The molecule has 1 amide bonds. The minimum absolute atomic E-state index is 0.268. The van der Waals surface area contributed by atoms with E-state index in [1.165, 1.54) is 16.0 Å². The summed E-state index contributed by atoms with van der Waals surface area (Å²) < 4.78 is 5.63. The Labute approximate surface area is 148 Å². The molecule has 2 aromatic carbocycles. The molecule has 1 N–H and O–H groups in total. The van der Waals surface area contributed by atoms with Gasteiger partial charge in [0, 0.05) is 15.8 Å². The molecule has 5 rings (SSSR count). The number of aromatic nitrogens is 1. The molecule has 0 saturated heterocycles. The van der Waals surface area contributed by atoms with E-state index in [2.05, 4.69) is 28.5 Å². The summed E-state index contributed by atoms with van der Waals surface area (Å²) in [5, 5.41) is 4.42. The summed E-state index contributed by atoms with van der Waals surface area (Å²) in [6.07, 6.45) is 1.98. The second-order valence-electron chi connectivity index (χ2n) is 6.05. The lowest BCUT2D eigenvalue weighted by Crippen LogP contribution is -2.10. The van der Waals surface area contributed by atoms with Gasteiger partial charge in [0.05, 0.1) is 5.69 Å². The van der Waals surface area contributed by atoms with Crippen LogP contribution in [0.25, 0.3) is 22.2 Å². The van der Waals surface area contributed by atoms with Crippen molar-refractivity contribution in [2.75, 3.05) is 5.32 Å². The van der Waals surface area contributed by atoms with Crippen LogP contribution in [0.3, 0.4) is 0 Å². The van der Waals surface area contributed by atoms with Crippen LogP contribution in [0.5, 0.6) is 0 Å². The lowest BCUT2D eigenvalue weighted by atomic mass is 9.94. The van der Waals surface area contributed by atoms with E-state index < -0.39 is 0 Å². The van der Waals surface area contributed by atoms with E-state index in [1.54, 1.807) is 17.4 Å². The maximum atomic E-state index is 12.5. The predicted molar refractivity (Wildman–Crippen MR) is 99.1 cm³/mol. The van der Waals surface area contributed by atoms with Crippen molar-refractivity contribution in [1.82, 2.24) is 4.98 Å². The Morgan fingerprint density at radius 1 is 1.08 bits per heavy atom. The number of fused-ring (bicyclic) bond motifs is 4. The van der Waals surface area contributed by atoms with Crippen molar-refractivity contribution in [2.24, 2.45) is 0 Å². The average molecular weight is 346 g/mol. The van der Waals surface area contributed by atoms with Crippen LogP contribution in [0.2, 0.25) is 0 Å². The van der Waals surface area contributed by atoms with E-state index in [-0.39, 0.29) is 5.91 Å². The van der Waals surface area contributed by atoms with Gasteiger partial charge in [-0.25, -0.2) is 4.98 Å². The van der Waals surface area contributed by atoms with Crippen LogP contribution in [-0.4, -0.2) is 10.9 Å². The third kappa shape index (κ3) is 2.44. The molecule has 1 aliphatic rings. The molecule has 2 aromatic heterocycles. The van der Waals surface area contributed by atoms with Crippen molar-refractivity contribution >= 4 is 33.3 Å². The van der Waals surface area contributed by atoms with E-state index >= 15 is 0 Å². The van der Waals surface area contributed by atoms with Gasteiger partial charge in [-0.3, -0.25) is 10.1 Å². The maximum absolute atomic E-state index is 12.5. The fourth-order valence-corrected chi connectivity index (χ4v) is 4.23. The van der Waals surface area contributed by atoms with Gasteiger partial charge in [0.15, 0.2) is 10.9 Å². The van der Waals surface area contributed by atoms with Crippen molar-refractivity contribution in [3.8, 4) is 11.3 Å². The smallest absolute Gasteiger partial charge is 0.293 e. The zero-order chi connectivity index (χ0) is 16.8. The highest BCUT2D eigenvalue weighted by Gasteiger charge is 2.22. The van der Waals surface area contributed by atoms with Crippen molar-refractivity contribution in [3.05, 3.63) is 70.8 Å². The summed E-state index contributed by atoms with van der Waals surface area (Å²) in [4.78, 5) is 18.4. The summed E-state index contributed by atoms with van der Waals surface area (Å²) in [7, 11) is 0. The number of nitrogens with one attached hydrogen (secondary N) is 1. The highest BCUT2D eigenvalue weighted by atomic mass is 32.1. The molecule has 0 radical (unpaired) electrons. The van der Waals surface area contributed by atoms with Gasteiger partial charge < -0.3 is 4.42 Å². The van der Waals surface area contributed by atoms with Crippen molar-refractivity contribution < 1.29 is 9.21 Å². The van der Waals surface area contributed by atoms with Gasteiger partial charge in [-0.2, -0.15) is 0 Å². The van der Waals surface area contributed by atoms with E-state index in [1.807, 2.05) is 30.3 Å². The minimum Gasteiger partial charge on any atom is -0.451 e. The van der Waals surface area contributed by atoms with Crippen LogP contribution in [0.1, 0.15) is 21.0 Å². The summed E-state index contributed by atoms with van der Waals surface area (Å²) in [5.74, 6) is 0.0327. The molecule has 4 aromatic rings. The minimum atomic E-state index is -0.268. The topological polar surface area (TPSA) is 55.1 Å². The molecule has 0 bridgehead atoms. The van der Waals surface area contributed by atoms with Gasteiger partial charge in [-0.15, -0.1) is 11.3 Å². The van der Waals surface area contributed by atoms with Crippen LogP contribution < -0.4 is 5.32 Å². The molecule has 0 spiro atoms. The molecule has 5 heteroatoms. The molecule has 0 saturated carbocycles. The van der Waals surface area contributed by atoms with E-state index in [0.29, 0.717) is 16.5 Å². The fourth-order valence-electron chi connectivity index (χ4n) is 3.26. The SMILES string of the molecule is O=C(Nc1nc2c(s1)CCc1ccccc1-2)c1cc2ccccc2o1. The maximum Gasteiger partial charge on any atom is 0.293 e. The summed E-state index contributed by atoms with van der Waals surface area (Å²) in [5.41, 5.74) is 4.19. The number of carbonyl (C=O) groups is 1. The Kier molecular flexibility index (Phi) is 3.21. The first-order valence-electron chi connectivity index (χ1n) is 8.16. The fraction of sp³-hybridized carbons (Fsp3) is 0.100. The van der Waals surface area contributed by atoms with Gasteiger partial charge in [-0.1, -0.05) is 42.5 Å². The zero-order valence-electron chi connectivity index (χ0n) is 13.3. The van der Waals surface area contributed by atoms with Crippen LogP contribution in [0.4, 0.5) is 5.13 Å². The van der Waals surface area contributed by atoms with Crippen molar-refractivity contribution in [1.29, 1.82) is 0 Å². The van der Waals surface area contributed by atoms with E-state index in [0.717, 1.165) is 23.9 Å². The number of hydrogen-bond donors (Lipinski definition) is 1. The number of anilines is 1. The average Bonchev–Trinajstić information content (AvgIpc) is 3.25. The Morgan fingerprint density at radius 2 is 1.92 bits per heavy atom. The molecule has 0 atom stereocenters. The van der Waals surface area contributed by atoms with Gasteiger partial charge in [-0.05, 0) is 30.5 Å².